The number of aromatic nitrogens is 2. The van der Waals surface area contributed by atoms with E-state index in [-0.39, 0.29) is 18.1 Å². The molecular formula is C21H27N5O2. The molecule has 0 unspecified atom stereocenters. The van der Waals surface area contributed by atoms with Crippen molar-refractivity contribution in [1.82, 2.24) is 15.3 Å². The lowest BCUT2D eigenvalue weighted by atomic mass is 10.1. The van der Waals surface area contributed by atoms with Gasteiger partial charge in [-0.15, -0.1) is 0 Å². The third-order valence-corrected chi connectivity index (χ3v) is 4.71. The maximum Gasteiger partial charge on any atom is 0.287 e. The summed E-state index contributed by atoms with van der Waals surface area (Å²) in [4.78, 5) is 37.3. The Hall–Kier alpha value is -2.96. The molecule has 0 radical (unpaired) electrons. The predicted octanol–water partition coefficient (Wildman–Crippen LogP) is 2.03. The van der Waals surface area contributed by atoms with Crippen molar-refractivity contribution in [2.45, 2.75) is 26.8 Å². The van der Waals surface area contributed by atoms with Crippen LogP contribution in [-0.4, -0.2) is 47.8 Å². The van der Waals surface area contributed by atoms with Gasteiger partial charge in [-0.25, -0.2) is 9.97 Å². The number of nitrogens with one attached hydrogen (secondary N) is 1. The first-order valence-corrected chi connectivity index (χ1v) is 9.70. The molecule has 0 spiro atoms. The smallest absolute Gasteiger partial charge is 0.287 e. The Labute approximate surface area is 165 Å². The normalized spacial score (nSPS) is 14.2. The number of hydrogen-bond donors (Lipinski definition) is 1. The number of amides is 1. The van der Waals surface area contributed by atoms with Crippen LogP contribution >= 0.6 is 0 Å². The van der Waals surface area contributed by atoms with Crippen LogP contribution in [0.5, 0.6) is 0 Å². The van der Waals surface area contributed by atoms with E-state index >= 15 is 0 Å². The first kappa shape index (κ1) is 19.8. The van der Waals surface area contributed by atoms with Crippen molar-refractivity contribution in [2.24, 2.45) is 5.92 Å². The van der Waals surface area contributed by atoms with Gasteiger partial charge in [0.1, 0.15) is 11.6 Å². The summed E-state index contributed by atoms with van der Waals surface area (Å²) in [6.45, 7) is 7.50. The lowest BCUT2D eigenvalue weighted by Crippen LogP contribution is -2.47. The van der Waals surface area contributed by atoms with Crippen LogP contribution in [0, 0.1) is 5.92 Å². The first-order chi connectivity index (χ1) is 13.5. The molecule has 1 aliphatic rings. The van der Waals surface area contributed by atoms with E-state index in [1.165, 1.54) is 0 Å². The average Bonchev–Trinajstić information content (AvgIpc) is 2.72. The molecule has 3 rings (SSSR count). The van der Waals surface area contributed by atoms with Crippen molar-refractivity contribution < 1.29 is 9.59 Å². The van der Waals surface area contributed by atoms with Crippen LogP contribution < -0.4 is 15.1 Å². The van der Waals surface area contributed by atoms with Gasteiger partial charge >= 0.3 is 0 Å². The number of ketones is 1. The second kappa shape index (κ2) is 9.30. The van der Waals surface area contributed by atoms with Gasteiger partial charge in [0.05, 0.1) is 0 Å². The van der Waals surface area contributed by atoms with E-state index in [0.717, 1.165) is 43.4 Å². The van der Waals surface area contributed by atoms with Crippen LogP contribution in [0.15, 0.2) is 42.7 Å². The molecule has 28 heavy (non-hydrogen) atoms. The Morgan fingerprint density at radius 3 is 2.39 bits per heavy atom. The van der Waals surface area contributed by atoms with Crippen LogP contribution in [0.2, 0.25) is 0 Å². The molecular weight excluding hydrogens is 354 g/mol. The second-order valence-electron chi connectivity index (χ2n) is 7.35. The van der Waals surface area contributed by atoms with Gasteiger partial charge in [0.2, 0.25) is 5.78 Å². The molecule has 0 atom stereocenters. The van der Waals surface area contributed by atoms with Gasteiger partial charge in [-0.2, -0.15) is 0 Å². The minimum atomic E-state index is -0.525. The molecule has 1 amide bonds. The van der Waals surface area contributed by atoms with E-state index < -0.39 is 5.91 Å². The van der Waals surface area contributed by atoms with E-state index in [1.54, 1.807) is 6.20 Å². The zero-order valence-electron chi connectivity index (χ0n) is 16.5. The minimum absolute atomic E-state index is 0.169. The summed E-state index contributed by atoms with van der Waals surface area (Å²) in [5, 5.41) is 2.74. The van der Waals surface area contributed by atoms with E-state index in [2.05, 4.69) is 25.1 Å². The maximum absolute atomic E-state index is 12.0. The molecule has 1 aliphatic heterocycles. The summed E-state index contributed by atoms with van der Waals surface area (Å²) in [5.41, 5.74) is 0.916. The lowest BCUT2D eigenvalue weighted by Gasteiger charge is -2.36. The van der Waals surface area contributed by atoms with Crippen molar-refractivity contribution >= 4 is 23.3 Å². The molecule has 7 nitrogen and oxygen atoms in total. The van der Waals surface area contributed by atoms with E-state index in [0.29, 0.717) is 6.54 Å². The molecule has 3 heterocycles. The Kier molecular flexibility index (Phi) is 6.57. The Balaban J connectivity index is 1.60. The summed E-state index contributed by atoms with van der Waals surface area (Å²) in [5.74, 6) is 1.12. The molecule has 0 aliphatic carbocycles. The highest BCUT2D eigenvalue weighted by Crippen LogP contribution is 2.21. The van der Waals surface area contributed by atoms with Gasteiger partial charge < -0.3 is 15.1 Å². The molecule has 2 aromatic heterocycles. The highest BCUT2D eigenvalue weighted by Gasteiger charge is 2.21. The van der Waals surface area contributed by atoms with Crippen LogP contribution in [0.1, 0.15) is 25.8 Å². The van der Waals surface area contributed by atoms with E-state index in [4.69, 9.17) is 0 Å². The molecule has 7 heteroatoms. The SMILES string of the molecule is CC(C)CC(=O)C(=O)NCc1cccnc1N1CCN(c2ccccn2)CC1. The van der Waals surface area contributed by atoms with Gasteiger partial charge in [0, 0.05) is 57.1 Å². The molecule has 1 N–H and O–H groups in total. The van der Waals surface area contributed by atoms with Crippen molar-refractivity contribution in [3.63, 3.8) is 0 Å². The predicted molar refractivity (Wildman–Crippen MR) is 109 cm³/mol. The molecule has 2 aromatic rings. The number of carbonyl (C=O) groups is 2. The number of piperazine rings is 1. The third-order valence-electron chi connectivity index (χ3n) is 4.71. The minimum Gasteiger partial charge on any atom is -0.353 e. The Bertz CT molecular complexity index is 801. The quantitative estimate of drug-likeness (QED) is 0.740. The lowest BCUT2D eigenvalue weighted by molar-refractivity contribution is -0.138. The number of carbonyl (C=O) groups excluding carboxylic acids is 2. The average molecular weight is 381 g/mol. The summed E-state index contributed by atoms with van der Waals surface area (Å²) < 4.78 is 0. The largest absolute Gasteiger partial charge is 0.353 e. The number of pyridine rings is 2. The van der Waals surface area contributed by atoms with Gasteiger partial charge in [0.25, 0.3) is 5.91 Å². The van der Waals surface area contributed by atoms with E-state index in [9.17, 15) is 9.59 Å². The monoisotopic (exact) mass is 381 g/mol. The standard InChI is InChI=1S/C21H27N5O2/c1-16(2)14-18(27)21(28)24-15-17-6-5-9-23-20(17)26-12-10-25(11-13-26)19-7-3-4-8-22-19/h3-9,16H,10-15H2,1-2H3,(H,24,28). The second-order valence-corrected chi connectivity index (χ2v) is 7.35. The highest BCUT2D eigenvalue weighted by atomic mass is 16.2. The number of anilines is 2. The molecule has 0 saturated carbocycles. The fourth-order valence-electron chi connectivity index (χ4n) is 3.28. The van der Waals surface area contributed by atoms with Crippen LogP contribution in [0.25, 0.3) is 0 Å². The van der Waals surface area contributed by atoms with Crippen molar-refractivity contribution in [1.29, 1.82) is 0 Å². The molecule has 148 valence electrons. The van der Waals surface area contributed by atoms with Gasteiger partial charge in [-0.05, 0) is 24.1 Å². The zero-order valence-corrected chi connectivity index (χ0v) is 16.5. The van der Waals surface area contributed by atoms with Crippen molar-refractivity contribution in [3.8, 4) is 0 Å². The molecule has 1 saturated heterocycles. The van der Waals surface area contributed by atoms with Crippen LogP contribution in [0.4, 0.5) is 11.6 Å². The first-order valence-electron chi connectivity index (χ1n) is 9.70. The van der Waals surface area contributed by atoms with Gasteiger partial charge in [-0.1, -0.05) is 26.0 Å². The van der Waals surface area contributed by atoms with Crippen molar-refractivity contribution in [3.05, 3.63) is 48.3 Å². The number of nitrogens with zero attached hydrogens (tertiary/aromatic N) is 4. The molecule has 1 fully saturated rings. The topological polar surface area (TPSA) is 78.4 Å². The summed E-state index contributed by atoms with van der Waals surface area (Å²) in [6.07, 6.45) is 3.83. The van der Waals surface area contributed by atoms with Gasteiger partial charge in [0.15, 0.2) is 0 Å². The van der Waals surface area contributed by atoms with Crippen molar-refractivity contribution in [2.75, 3.05) is 36.0 Å². The summed E-state index contributed by atoms with van der Waals surface area (Å²) in [6, 6.07) is 9.73. The number of Topliss-reactive ketones (excluding diaryl/α,β-unsaturated/α-hetero) is 1. The van der Waals surface area contributed by atoms with Gasteiger partial charge in [-0.3, -0.25) is 9.59 Å². The maximum atomic E-state index is 12.0. The third kappa shape index (κ3) is 5.06. The fourth-order valence-corrected chi connectivity index (χ4v) is 3.28. The molecule has 0 aromatic carbocycles. The van der Waals surface area contributed by atoms with Crippen LogP contribution in [-0.2, 0) is 16.1 Å². The summed E-state index contributed by atoms with van der Waals surface area (Å²) >= 11 is 0. The summed E-state index contributed by atoms with van der Waals surface area (Å²) in [7, 11) is 0. The highest BCUT2D eigenvalue weighted by molar-refractivity contribution is 6.36. The molecule has 0 bridgehead atoms. The Morgan fingerprint density at radius 1 is 1.00 bits per heavy atom. The number of rotatable bonds is 7. The van der Waals surface area contributed by atoms with Crippen LogP contribution in [0.3, 0.4) is 0 Å². The Morgan fingerprint density at radius 2 is 1.71 bits per heavy atom. The number of hydrogen-bond acceptors (Lipinski definition) is 6. The van der Waals surface area contributed by atoms with E-state index in [1.807, 2.05) is 50.4 Å². The fraction of sp³-hybridized carbons (Fsp3) is 0.429. The zero-order chi connectivity index (χ0) is 19.9.